The molecule has 3 N–H and O–H groups in total. The summed E-state index contributed by atoms with van der Waals surface area (Å²) in [6, 6.07) is 10.6. The molecule has 0 spiro atoms. The molecule has 2 rings (SSSR count). The predicted molar refractivity (Wildman–Crippen MR) is 77.8 cm³/mol. The Bertz CT molecular complexity index is 730. The van der Waals surface area contributed by atoms with Crippen LogP contribution < -0.4 is 15.2 Å². The predicted octanol–water partition coefficient (Wildman–Crippen LogP) is 1.90. The second kappa shape index (κ2) is 6.11. The van der Waals surface area contributed by atoms with Crippen LogP contribution in [0.1, 0.15) is 5.56 Å². The standard InChI is InChI=1S/C14H15FN2O3S/c1-20-11-7-5-10(6-8-11)9-17-21(18,19)13-4-2-3-12(15)14(13)16/h2-8,17H,9,16H2,1H3. The number of ether oxygens (including phenoxy) is 1. The van der Waals surface area contributed by atoms with Crippen molar-refractivity contribution in [1.82, 2.24) is 4.72 Å². The third-order valence-electron chi connectivity index (χ3n) is 2.93. The Morgan fingerprint density at radius 1 is 1.19 bits per heavy atom. The van der Waals surface area contributed by atoms with Gasteiger partial charge in [-0.2, -0.15) is 0 Å². The molecule has 112 valence electrons. The number of hydrogen-bond acceptors (Lipinski definition) is 4. The quantitative estimate of drug-likeness (QED) is 0.826. The van der Waals surface area contributed by atoms with E-state index < -0.39 is 15.8 Å². The molecular weight excluding hydrogens is 295 g/mol. The van der Waals surface area contributed by atoms with Crippen molar-refractivity contribution >= 4 is 15.7 Å². The number of anilines is 1. The van der Waals surface area contributed by atoms with E-state index in [0.29, 0.717) is 5.75 Å². The van der Waals surface area contributed by atoms with Crippen LogP contribution in [0.25, 0.3) is 0 Å². The Balaban J connectivity index is 2.15. The summed E-state index contributed by atoms with van der Waals surface area (Å²) < 4.78 is 45.0. The highest BCUT2D eigenvalue weighted by Gasteiger charge is 2.19. The molecule has 2 aromatic carbocycles. The summed E-state index contributed by atoms with van der Waals surface area (Å²) in [5.41, 5.74) is 5.82. The van der Waals surface area contributed by atoms with Crippen molar-refractivity contribution in [1.29, 1.82) is 0 Å². The molecule has 0 aliphatic rings. The van der Waals surface area contributed by atoms with Gasteiger partial charge in [0.25, 0.3) is 0 Å². The van der Waals surface area contributed by atoms with Gasteiger partial charge in [0.15, 0.2) is 0 Å². The zero-order chi connectivity index (χ0) is 15.5. The molecule has 0 saturated carbocycles. The number of rotatable bonds is 5. The number of methoxy groups -OCH3 is 1. The van der Waals surface area contributed by atoms with E-state index in [9.17, 15) is 12.8 Å². The molecule has 0 amide bonds. The summed E-state index contributed by atoms with van der Waals surface area (Å²) in [5, 5.41) is 0. The normalized spacial score (nSPS) is 11.3. The van der Waals surface area contributed by atoms with Crippen LogP contribution in [-0.2, 0) is 16.6 Å². The van der Waals surface area contributed by atoms with Gasteiger partial charge in [-0.3, -0.25) is 0 Å². The van der Waals surface area contributed by atoms with Gasteiger partial charge in [-0.05, 0) is 29.8 Å². The second-order valence-corrected chi connectivity index (χ2v) is 6.06. The first kappa shape index (κ1) is 15.3. The number of halogens is 1. The van der Waals surface area contributed by atoms with Crippen molar-refractivity contribution in [2.24, 2.45) is 0 Å². The lowest BCUT2D eigenvalue weighted by molar-refractivity contribution is 0.414. The molecule has 0 heterocycles. The van der Waals surface area contributed by atoms with Crippen LogP contribution in [-0.4, -0.2) is 15.5 Å². The van der Waals surface area contributed by atoms with E-state index in [2.05, 4.69) is 4.72 Å². The molecule has 7 heteroatoms. The Labute approximate surface area is 122 Å². The van der Waals surface area contributed by atoms with Gasteiger partial charge in [0, 0.05) is 6.54 Å². The van der Waals surface area contributed by atoms with Gasteiger partial charge in [0.1, 0.15) is 16.5 Å². The molecule has 0 fully saturated rings. The lowest BCUT2D eigenvalue weighted by atomic mass is 10.2. The average molecular weight is 310 g/mol. The van der Waals surface area contributed by atoms with Crippen LogP contribution in [0, 0.1) is 5.82 Å². The maximum Gasteiger partial charge on any atom is 0.243 e. The smallest absolute Gasteiger partial charge is 0.243 e. The summed E-state index contributed by atoms with van der Waals surface area (Å²) in [6.45, 7) is 0.0717. The lowest BCUT2D eigenvalue weighted by Gasteiger charge is -2.10. The Morgan fingerprint density at radius 2 is 1.86 bits per heavy atom. The van der Waals surface area contributed by atoms with Gasteiger partial charge in [-0.15, -0.1) is 0 Å². The molecule has 0 unspecified atom stereocenters. The first-order valence-electron chi connectivity index (χ1n) is 6.10. The maximum absolute atomic E-state index is 13.3. The van der Waals surface area contributed by atoms with Crippen LogP contribution >= 0.6 is 0 Å². The zero-order valence-electron chi connectivity index (χ0n) is 11.3. The van der Waals surface area contributed by atoms with Gasteiger partial charge in [0.05, 0.1) is 12.8 Å². The Hall–Kier alpha value is -2.12. The fourth-order valence-corrected chi connectivity index (χ4v) is 2.91. The highest BCUT2D eigenvalue weighted by atomic mass is 32.2. The van der Waals surface area contributed by atoms with Crippen molar-refractivity contribution in [2.45, 2.75) is 11.4 Å². The van der Waals surface area contributed by atoms with E-state index in [0.717, 1.165) is 11.6 Å². The largest absolute Gasteiger partial charge is 0.497 e. The number of nitrogen functional groups attached to an aromatic ring is 1. The van der Waals surface area contributed by atoms with Crippen molar-refractivity contribution in [3.63, 3.8) is 0 Å². The Kier molecular flexibility index (Phi) is 4.44. The lowest BCUT2D eigenvalue weighted by Crippen LogP contribution is -2.24. The summed E-state index contributed by atoms with van der Waals surface area (Å²) in [6.07, 6.45) is 0. The molecule has 0 aliphatic heterocycles. The fourth-order valence-electron chi connectivity index (χ4n) is 1.75. The van der Waals surface area contributed by atoms with Crippen molar-refractivity contribution in [2.75, 3.05) is 12.8 Å². The fraction of sp³-hybridized carbons (Fsp3) is 0.143. The first-order valence-corrected chi connectivity index (χ1v) is 7.59. The summed E-state index contributed by atoms with van der Waals surface area (Å²) in [7, 11) is -2.33. The third-order valence-corrected chi connectivity index (χ3v) is 4.39. The third kappa shape index (κ3) is 3.50. The van der Waals surface area contributed by atoms with Crippen LogP contribution in [0.4, 0.5) is 10.1 Å². The molecule has 0 saturated heterocycles. The number of sulfonamides is 1. The minimum absolute atomic E-state index is 0.0717. The van der Waals surface area contributed by atoms with Crippen LogP contribution in [0.3, 0.4) is 0 Å². The molecule has 0 atom stereocenters. The van der Waals surface area contributed by atoms with E-state index in [-0.39, 0.29) is 17.1 Å². The van der Waals surface area contributed by atoms with E-state index in [1.807, 2.05) is 0 Å². The SMILES string of the molecule is COc1ccc(CNS(=O)(=O)c2cccc(F)c2N)cc1. The topological polar surface area (TPSA) is 81.4 Å². The zero-order valence-corrected chi connectivity index (χ0v) is 12.2. The molecule has 0 aromatic heterocycles. The van der Waals surface area contributed by atoms with E-state index in [1.54, 1.807) is 31.4 Å². The molecule has 0 aliphatic carbocycles. The molecule has 21 heavy (non-hydrogen) atoms. The average Bonchev–Trinajstić information content (AvgIpc) is 2.48. The number of benzene rings is 2. The molecule has 5 nitrogen and oxygen atoms in total. The summed E-state index contributed by atoms with van der Waals surface area (Å²) >= 11 is 0. The first-order chi connectivity index (χ1) is 9.94. The number of nitrogens with one attached hydrogen (secondary N) is 1. The van der Waals surface area contributed by atoms with Crippen LogP contribution in [0.15, 0.2) is 47.4 Å². The number of hydrogen-bond donors (Lipinski definition) is 2. The molecule has 0 bridgehead atoms. The second-order valence-electron chi connectivity index (χ2n) is 4.32. The van der Waals surface area contributed by atoms with Crippen LogP contribution in [0.2, 0.25) is 0 Å². The molecule has 0 radical (unpaired) electrons. The summed E-state index contributed by atoms with van der Waals surface area (Å²) in [4.78, 5) is -0.268. The molecular formula is C14H15FN2O3S. The number of para-hydroxylation sites is 1. The van der Waals surface area contributed by atoms with Crippen molar-refractivity contribution < 1.29 is 17.5 Å². The minimum atomic E-state index is -3.87. The summed E-state index contributed by atoms with van der Waals surface area (Å²) in [5.74, 6) is -0.0849. The van der Waals surface area contributed by atoms with E-state index in [4.69, 9.17) is 10.5 Å². The molecule has 2 aromatic rings. The van der Waals surface area contributed by atoms with Gasteiger partial charge in [-0.25, -0.2) is 17.5 Å². The highest BCUT2D eigenvalue weighted by Crippen LogP contribution is 2.21. The number of nitrogens with two attached hydrogens (primary N) is 1. The monoisotopic (exact) mass is 310 g/mol. The van der Waals surface area contributed by atoms with Gasteiger partial charge >= 0.3 is 0 Å². The van der Waals surface area contributed by atoms with Gasteiger partial charge in [-0.1, -0.05) is 18.2 Å². The van der Waals surface area contributed by atoms with Gasteiger partial charge in [0.2, 0.25) is 10.0 Å². The van der Waals surface area contributed by atoms with Crippen molar-refractivity contribution in [3.05, 3.63) is 53.8 Å². The van der Waals surface area contributed by atoms with Crippen molar-refractivity contribution in [3.8, 4) is 5.75 Å². The van der Waals surface area contributed by atoms with Gasteiger partial charge < -0.3 is 10.5 Å². The Morgan fingerprint density at radius 3 is 2.48 bits per heavy atom. The minimum Gasteiger partial charge on any atom is -0.497 e. The highest BCUT2D eigenvalue weighted by molar-refractivity contribution is 7.89. The van der Waals surface area contributed by atoms with E-state index >= 15 is 0 Å². The maximum atomic E-state index is 13.3. The van der Waals surface area contributed by atoms with Crippen LogP contribution in [0.5, 0.6) is 5.75 Å². The van der Waals surface area contributed by atoms with E-state index in [1.165, 1.54) is 12.1 Å².